The molecular formula is C19H38O2S. The van der Waals surface area contributed by atoms with Crippen LogP contribution in [-0.2, 0) is 4.74 Å². The van der Waals surface area contributed by atoms with Gasteiger partial charge in [0, 0.05) is 0 Å². The summed E-state index contributed by atoms with van der Waals surface area (Å²) < 4.78 is 4.79. The summed E-state index contributed by atoms with van der Waals surface area (Å²) in [5, 5.41) is -0.457. The van der Waals surface area contributed by atoms with Crippen molar-refractivity contribution in [1.82, 2.24) is 0 Å². The van der Waals surface area contributed by atoms with Gasteiger partial charge < -0.3 is 4.74 Å². The van der Waals surface area contributed by atoms with Crippen LogP contribution in [0.3, 0.4) is 0 Å². The Hall–Kier alpha value is -0.180. The van der Waals surface area contributed by atoms with Gasteiger partial charge in [0.05, 0.1) is 6.61 Å². The molecular weight excluding hydrogens is 292 g/mol. The molecule has 0 amide bonds. The summed E-state index contributed by atoms with van der Waals surface area (Å²) in [6, 6.07) is 0. The summed E-state index contributed by atoms with van der Waals surface area (Å²) in [6.07, 6.45) is 21.7. The fourth-order valence-corrected chi connectivity index (χ4v) is 2.90. The first-order valence-corrected chi connectivity index (χ1v) is 10.1. The summed E-state index contributed by atoms with van der Waals surface area (Å²) >= 11 is 3.57. The molecule has 0 saturated heterocycles. The number of thiol groups is 1. The van der Waals surface area contributed by atoms with Crippen LogP contribution in [0.4, 0.5) is 4.79 Å². The Balaban J connectivity index is 2.95. The van der Waals surface area contributed by atoms with Gasteiger partial charge in [-0.25, -0.2) is 4.79 Å². The van der Waals surface area contributed by atoms with Crippen LogP contribution in [-0.4, -0.2) is 11.9 Å². The predicted molar refractivity (Wildman–Crippen MR) is 99.9 cm³/mol. The van der Waals surface area contributed by atoms with Crippen molar-refractivity contribution in [2.75, 3.05) is 6.61 Å². The zero-order valence-corrected chi connectivity index (χ0v) is 15.7. The lowest BCUT2D eigenvalue weighted by Gasteiger charge is -2.03. The molecule has 3 heteroatoms. The van der Waals surface area contributed by atoms with Crippen molar-refractivity contribution in [2.24, 2.45) is 0 Å². The fraction of sp³-hybridized carbons (Fsp3) is 0.947. The third-order valence-electron chi connectivity index (χ3n) is 4.22. The van der Waals surface area contributed by atoms with Crippen LogP contribution in [0.25, 0.3) is 0 Å². The molecule has 0 aliphatic heterocycles. The van der Waals surface area contributed by atoms with Gasteiger partial charge in [0.1, 0.15) is 0 Å². The van der Waals surface area contributed by atoms with E-state index in [2.05, 4.69) is 19.6 Å². The largest absolute Gasteiger partial charge is 0.458 e. The summed E-state index contributed by atoms with van der Waals surface area (Å²) in [4.78, 5) is 10.4. The van der Waals surface area contributed by atoms with Crippen LogP contribution in [0.15, 0.2) is 0 Å². The average molecular weight is 331 g/mol. The fourth-order valence-electron chi connectivity index (χ4n) is 2.81. The van der Waals surface area contributed by atoms with E-state index in [1.807, 2.05) is 0 Å². The van der Waals surface area contributed by atoms with Crippen LogP contribution in [0.2, 0.25) is 0 Å². The molecule has 0 spiro atoms. The number of rotatable bonds is 17. The normalized spacial score (nSPS) is 10.8. The summed E-state index contributed by atoms with van der Waals surface area (Å²) in [6.45, 7) is 2.81. The van der Waals surface area contributed by atoms with Crippen molar-refractivity contribution in [3.05, 3.63) is 0 Å². The lowest BCUT2D eigenvalue weighted by Crippen LogP contribution is -1.96. The number of unbranched alkanes of at least 4 members (excludes halogenated alkanes) is 15. The summed E-state index contributed by atoms with van der Waals surface area (Å²) in [5.74, 6) is 0. The van der Waals surface area contributed by atoms with Crippen LogP contribution in [0.5, 0.6) is 0 Å². The number of hydrogen-bond acceptors (Lipinski definition) is 2. The van der Waals surface area contributed by atoms with Crippen molar-refractivity contribution in [3.63, 3.8) is 0 Å². The minimum absolute atomic E-state index is 0.457. The van der Waals surface area contributed by atoms with E-state index in [1.54, 1.807) is 0 Å². The van der Waals surface area contributed by atoms with Gasteiger partial charge in [-0.05, 0) is 6.42 Å². The van der Waals surface area contributed by atoms with Crippen LogP contribution >= 0.6 is 12.6 Å². The Bertz CT molecular complexity index is 231. The van der Waals surface area contributed by atoms with Gasteiger partial charge in [0.2, 0.25) is 0 Å². The molecule has 0 bridgehead atoms. The molecule has 0 atom stereocenters. The maximum atomic E-state index is 10.4. The smallest absolute Gasteiger partial charge is 0.364 e. The zero-order valence-electron chi connectivity index (χ0n) is 14.8. The maximum Gasteiger partial charge on any atom is 0.364 e. The van der Waals surface area contributed by atoms with Gasteiger partial charge in [-0.2, -0.15) is 0 Å². The molecule has 0 unspecified atom stereocenters. The third kappa shape index (κ3) is 19.8. The molecule has 0 aromatic rings. The predicted octanol–water partition coefficient (Wildman–Crippen LogP) is 7.31. The maximum absolute atomic E-state index is 10.4. The highest BCUT2D eigenvalue weighted by atomic mass is 32.1. The molecule has 2 nitrogen and oxygen atoms in total. The molecule has 0 aliphatic rings. The lowest BCUT2D eigenvalue weighted by molar-refractivity contribution is 0.173. The number of ether oxygens (including phenoxy) is 1. The minimum Gasteiger partial charge on any atom is -0.458 e. The van der Waals surface area contributed by atoms with Crippen molar-refractivity contribution in [3.8, 4) is 0 Å². The summed E-state index contributed by atoms with van der Waals surface area (Å²) in [7, 11) is 0. The van der Waals surface area contributed by atoms with Gasteiger partial charge >= 0.3 is 5.30 Å². The molecule has 0 saturated carbocycles. The quantitative estimate of drug-likeness (QED) is 0.172. The SMILES string of the molecule is CCCCCCCCCCCCCCCCCCOC(=O)S. The van der Waals surface area contributed by atoms with E-state index in [0.29, 0.717) is 6.61 Å². The van der Waals surface area contributed by atoms with E-state index in [-0.39, 0.29) is 0 Å². The first-order valence-electron chi connectivity index (χ1n) is 9.63. The van der Waals surface area contributed by atoms with Crippen molar-refractivity contribution in [2.45, 2.75) is 110 Å². The van der Waals surface area contributed by atoms with Crippen molar-refractivity contribution < 1.29 is 9.53 Å². The molecule has 0 aliphatic carbocycles. The molecule has 22 heavy (non-hydrogen) atoms. The van der Waals surface area contributed by atoms with Crippen molar-refractivity contribution >= 4 is 17.9 Å². The number of carbonyl (C=O) groups excluding carboxylic acids is 1. The second-order valence-electron chi connectivity index (χ2n) is 6.42. The monoisotopic (exact) mass is 330 g/mol. The van der Waals surface area contributed by atoms with E-state index in [0.717, 1.165) is 6.42 Å². The lowest BCUT2D eigenvalue weighted by atomic mass is 10.0. The van der Waals surface area contributed by atoms with Gasteiger partial charge in [0.15, 0.2) is 0 Å². The summed E-state index contributed by atoms with van der Waals surface area (Å²) in [5.41, 5.74) is 0. The molecule has 0 aromatic heterocycles. The number of carbonyl (C=O) groups is 1. The van der Waals surface area contributed by atoms with Gasteiger partial charge in [0.25, 0.3) is 0 Å². The van der Waals surface area contributed by atoms with Crippen LogP contribution in [0, 0.1) is 0 Å². The molecule has 132 valence electrons. The molecule has 0 aromatic carbocycles. The highest BCUT2D eigenvalue weighted by molar-refractivity contribution is 7.96. The first kappa shape index (κ1) is 21.8. The Morgan fingerprint density at radius 1 is 0.636 bits per heavy atom. The standard InChI is InChI=1S/C19H38O2S/c1-2-3-4-5-6-7-8-9-10-11-12-13-14-15-16-17-18-21-19(20)22/h2-18H2,1H3,(H,20,22). The third-order valence-corrected chi connectivity index (χ3v) is 4.35. The zero-order chi connectivity index (χ0) is 16.3. The van der Waals surface area contributed by atoms with Crippen LogP contribution < -0.4 is 0 Å². The van der Waals surface area contributed by atoms with Gasteiger partial charge in [-0.1, -0.05) is 116 Å². The Morgan fingerprint density at radius 2 is 0.955 bits per heavy atom. The Morgan fingerprint density at radius 3 is 1.27 bits per heavy atom. The second-order valence-corrected chi connectivity index (χ2v) is 6.78. The first-order chi connectivity index (χ1) is 10.8. The molecule has 0 fully saturated rings. The van der Waals surface area contributed by atoms with Crippen LogP contribution in [0.1, 0.15) is 110 Å². The highest BCUT2D eigenvalue weighted by Crippen LogP contribution is 2.13. The second kappa shape index (κ2) is 18.9. The Kier molecular flexibility index (Phi) is 18.7. The van der Waals surface area contributed by atoms with E-state index < -0.39 is 5.30 Å². The van der Waals surface area contributed by atoms with E-state index in [1.165, 1.54) is 96.3 Å². The minimum atomic E-state index is -0.457. The molecule has 0 N–H and O–H groups in total. The van der Waals surface area contributed by atoms with Gasteiger partial charge in [-0.3, -0.25) is 0 Å². The Labute approximate surface area is 144 Å². The number of hydrogen-bond donors (Lipinski definition) is 1. The average Bonchev–Trinajstić information content (AvgIpc) is 2.50. The molecule has 0 radical (unpaired) electrons. The molecule has 0 heterocycles. The molecule has 0 rings (SSSR count). The van der Waals surface area contributed by atoms with E-state index >= 15 is 0 Å². The van der Waals surface area contributed by atoms with Crippen molar-refractivity contribution in [1.29, 1.82) is 0 Å². The highest BCUT2D eigenvalue weighted by Gasteiger charge is 1.96. The topological polar surface area (TPSA) is 26.3 Å². The van der Waals surface area contributed by atoms with Gasteiger partial charge in [-0.15, -0.1) is 0 Å². The van der Waals surface area contributed by atoms with E-state index in [4.69, 9.17) is 4.74 Å². The van der Waals surface area contributed by atoms with E-state index in [9.17, 15) is 4.79 Å².